The Balaban J connectivity index is 2.22. The summed E-state index contributed by atoms with van der Waals surface area (Å²) in [6.07, 6.45) is 4.43. The Morgan fingerprint density at radius 1 is 1.21 bits per heavy atom. The van der Waals surface area contributed by atoms with E-state index >= 15 is 0 Å². The van der Waals surface area contributed by atoms with Crippen LogP contribution in [0.1, 0.15) is 50.7 Å². The number of non-ortho nitro benzene ring substituents is 1. The fraction of sp³-hybridized carbons (Fsp3) is 0.455. The lowest BCUT2D eigenvalue weighted by Gasteiger charge is -2.30. The van der Waals surface area contributed by atoms with E-state index in [9.17, 15) is 19.6 Å². The van der Waals surface area contributed by atoms with Crippen LogP contribution < -0.4 is 0 Å². The van der Waals surface area contributed by atoms with Gasteiger partial charge in [-0.2, -0.15) is 0 Å². The molecule has 0 amide bonds. The minimum absolute atomic E-state index is 0.0351. The average Bonchev–Trinajstić information content (AvgIpc) is 2.70. The van der Waals surface area contributed by atoms with Gasteiger partial charge in [0.1, 0.15) is 5.82 Å². The fourth-order valence-corrected chi connectivity index (χ4v) is 4.58. The minimum atomic E-state index is -0.421. The topological polar surface area (TPSA) is 63.4 Å². The number of rotatable bonds is 11. The Morgan fingerprint density at radius 2 is 2.00 bits per heavy atom. The van der Waals surface area contributed by atoms with Crippen molar-refractivity contribution in [2.24, 2.45) is 5.41 Å². The zero-order valence-electron chi connectivity index (χ0n) is 16.5. The van der Waals surface area contributed by atoms with E-state index in [1.54, 1.807) is 23.9 Å². The Morgan fingerprint density at radius 3 is 2.64 bits per heavy atom. The van der Waals surface area contributed by atoms with Gasteiger partial charge in [-0.25, -0.2) is 4.39 Å². The predicted octanol–water partition coefficient (Wildman–Crippen LogP) is 6.00. The molecule has 0 radical (unpaired) electrons. The van der Waals surface area contributed by atoms with Crippen molar-refractivity contribution < 1.29 is 14.4 Å². The number of aliphatic hydroxyl groups is 1. The number of nitro groups is 1. The third kappa shape index (κ3) is 6.04. The Bertz CT molecular complexity index is 793. The minimum Gasteiger partial charge on any atom is -0.396 e. The van der Waals surface area contributed by atoms with Gasteiger partial charge in [-0.05, 0) is 48.6 Å². The third-order valence-electron chi connectivity index (χ3n) is 5.22. The van der Waals surface area contributed by atoms with Gasteiger partial charge >= 0.3 is 0 Å². The highest BCUT2D eigenvalue weighted by Crippen LogP contribution is 2.37. The van der Waals surface area contributed by atoms with Crippen LogP contribution >= 0.6 is 11.8 Å². The van der Waals surface area contributed by atoms with Gasteiger partial charge in [0.15, 0.2) is 0 Å². The third-order valence-corrected chi connectivity index (χ3v) is 6.68. The average molecular weight is 406 g/mol. The number of aliphatic hydroxyl groups excluding tert-OH is 1. The van der Waals surface area contributed by atoms with Crippen molar-refractivity contribution in [1.82, 2.24) is 0 Å². The Kier molecular flexibility index (Phi) is 8.45. The van der Waals surface area contributed by atoms with Gasteiger partial charge in [0, 0.05) is 34.8 Å². The molecule has 0 aromatic heterocycles. The second kappa shape index (κ2) is 10.6. The number of thioether (sulfide) groups is 1. The molecule has 0 unspecified atom stereocenters. The molecular formula is C22H28FNO3S. The second-order valence-electron chi connectivity index (χ2n) is 7.26. The first-order chi connectivity index (χ1) is 13.4. The molecule has 1 N–H and O–H groups in total. The monoisotopic (exact) mass is 405 g/mol. The molecule has 28 heavy (non-hydrogen) atoms. The number of nitro benzene ring substituents is 1. The predicted molar refractivity (Wildman–Crippen MR) is 112 cm³/mol. The van der Waals surface area contributed by atoms with E-state index in [0.29, 0.717) is 6.42 Å². The maximum Gasteiger partial charge on any atom is 0.269 e. The number of benzene rings is 2. The number of halogens is 1. The first-order valence-electron chi connectivity index (χ1n) is 9.68. The van der Waals surface area contributed by atoms with Crippen LogP contribution in [-0.2, 0) is 6.42 Å². The summed E-state index contributed by atoms with van der Waals surface area (Å²) < 4.78 is 13.9. The summed E-state index contributed by atoms with van der Waals surface area (Å²) in [6, 6.07) is 11.2. The maximum absolute atomic E-state index is 13.9. The van der Waals surface area contributed by atoms with Crippen molar-refractivity contribution in [1.29, 1.82) is 0 Å². The smallest absolute Gasteiger partial charge is 0.269 e. The molecule has 0 heterocycles. The van der Waals surface area contributed by atoms with Crippen molar-refractivity contribution >= 4 is 17.4 Å². The van der Waals surface area contributed by atoms with Crippen LogP contribution in [0.15, 0.2) is 47.4 Å². The molecule has 2 rings (SSSR count). The molecule has 6 heteroatoms. The van der Waals surface area contributed by atoms with Gasteiger partial charge in [-0.3, -0.25) is 10.1 Å². The Hall–Kier alpha value is -1.92. The molecule has 0 fully saturated rings. The van der Waals surface area contributed by atoms with Crippen LogP contribution in [0.25, 0.3) is 0 Å². The van der Waals surface area contributed by atoms with Crippen LogP contribution in [0.2, 0.25) is 0 Å². The van der Waals surface area contributed by atoms with Crippen LogP contribution in [0.5, 0.6) is 0 Å². The van der Waals surface area contributed by atoms with Gasteiger partial charge in [-0.1, -0.05) is 38.8 Å². The van der Waals surface area contributed by atoms with E-state index in [1.165, 1.54) is 24.3 Å². The van der Waals surface area contributed by atoms with E-state index in [-0.39, 0.29) is 23.5 Å². The van der Waals surface area contributed by atoms with Crippen molar-refractivity contribution in [2.45, 2.75) is 50.8 Å². The molecule has 0 bridgehead atoms. The van der Waals surface area contributed by atoms with E-state index in [1.807, 2.05) is 6.07 Å². The molecular weight excluding hydrogens is 377 g/mol. The van der Waals surface area contributed by atoms with Crippen molar-refractivity contribution in [2.75, 3.05) is 12.4 Å². The highest BCUT2D eigenvalue weighted by Gasteiger charge is 2.27. The lowest BCUT2D eigenvalue weighted by atomic mass is 9.83. The summed E-state index contributed by atoms with van der Waals surface area (Å²) in [5, 5.41) is 21.0. The highest BCUT2D eigenvalue weighted by molar-refractivity contribution is 7.99. The van der Waals surface area contributed by atoms with E-state index in [4.69, 9.17) is 0 Å². The SMILES string of the molecule is CCCC[C@](CC)(CO)CSc1ccc(F)cc1Cc1cccc([N+](=O)[O-])c1. The largest absolute Gasteiger partial charge is 0.396 e. The summed E-state index contributed by atoms with van der Waals surface area (Å²) in [5.74, 6) is 0.438. The number of hydrogen-bond acceptors (Lipinski definition) is 4. The van der Waals surface area contributed by atoms with Crippen LogP contribution in [-0.4, -0.2) is 22.4 Å². The zero-order valence-corrected chi connectivity index (χ0v) is 17.3. The number of nitrogens with zero attached hydrogens (tertiary/aromatic N) is 1. The quantitative estimate of drug-likeness (QED) is 0.283. The first-order valence-corrected chi connectivity index (χ1v) is 10.7. The molecule has 0 saturated heterocycles. The maximum atomic E-state index is 13.9. The van der Waals surface area contributed by atoms with E-state index in [2.05, 4.69) is 13.8 Å². The molecule has 0 aliphatic rings. The lowest BCUT2D eigenvalue weighted by molar-refractivity contribution is -0.384. The highest BCUT2D eigenvalue weighted by atomic mass is 32.2. The van der Waals surface area contributed by atoms with Crippen LogP contribution in [0, 0.1) is 21.3 Å². The molecule has 0 spiro atoms. The molecule has 0 aliphatic carbocycles. The molecule has 4 nitrogen and oxygen atoms in total. The van der Waals surface area contributed by atoms with Gasteiger partial charge in [0.2, 0.25) is 0 Å². The molecule has 2 aromatic rings. The van der Waals surface area contributed by atoms with E-state index < -0.39 is 4.92 Å². The van der Waals surface area contributed by atoms with Crippen molar-refractivity contribution in [3.8, 4) is 0 Å². The molecule has 152 valence electrons. The first kappa shape index (κ1) is 22.4. The van der Waals surface area contributed by atoms with Gasteiger partial charge < -0.3 is 5.11 Å². The standard InChI is InChI=1S/C22H28FNO3S/c1-3-5-11-22(4-2,15-25)16-28-21-10-9-19(23)14-18(21)12-17-7-6-8-20(13-17)24(26)27/h6-10,13-14,25H,3-5,11-12,15-16H2,1-2H3/t22-/m1/s1. The summed E-state index contributed by atoms with van der Waals surface area (Å²) in [4.78, 5) is 11.5. The molecule has 2 aromatic carbocycles. The summed E-state index contributed by atoms with van der Waals surface area (Å²) in [6.45, 7) is 4.38. The fourth-order valence-electron chi connectivity index (χ4n) is 3.20. The summed E-state index contributed by atoms with van der Waals surface area (Å²) in [5.41, 5.74) is 1.48. The zero-order chi connectivity index (χ0) is 20.6. The normalized spacial score (nSPS) is 13.3. The number of hydrogen-bond donors (Lipinski definition) is 1. The molecule has 1 atom stereocenters. The van der Waals surface area contributed by atoms with Gasteiger partial charge in [0.05, 0.1) is 4.92 Å². The summed E-state index contributed by atoms with van der Waals surface area (Å²) >= 11 is 1.63. The number of unbranched alkanes of at least 4 members (excludes halogenated alkanes) is 1. The van der Waals surface area contributed by atoms with Crippen LogP contribution in [0.3, 0.4) is 0 Å². The molecule has 0 aliphatic heterocycles. The van der Waals surface area contributed by atoms with Crippen molar-refractivity contribution in [3.05, 3.63) is 69.5 Å². The molecule has 0 saturated carbocycles. The van der Waals surface area contributed by atoms with Gasteiger partial charge in [-0.15, -0.1) is 11.8 Å². The van der Waals surface area contributed by atoms with E-state index in [0.717, 1.165) is 47.5 Å². The van der Waals surface area contributed by atoms with Crippen LogP contribution in [0.4, 0.5) is 10.1 Å². The lowest BCUT2D eigenvalue weighted by Crippen LogP contribution is -2.27. The Labute approximate surface area is 170 Å². The summed E-state index contributed by atoms with van der Waals surface area (Å²) in [7, 11) is 0. The van der Waals surface area contributed by atoms with Gasteiger partial charge in [0.25, 0.3) is 5.69 Å². The second-order valence-corrected chi connectivity index (χ2v) is 8.28. The van der Waals surface area contributed by atoms with Crippen molar-refractivity contribution in [3.63, 3.8) is 0 Å².